The summed E-state index contributed by atoms with van der Waals surface area (Å²) in [5.74, 6) is 1.04. The summed E-state index contributed by atoms with van der Waals surface area (Å²) in [6, 6.07) is 4.99. The summed E-state index contributed by atoms with van der Waals surface area (Å²) in [5, 5.41) is 7.68. The molecule has 0 amide bonds. The molecule has 1 aromatic carbocycles. The second-order valence-corrected chi connectivity index (χ2v) is 6.37. The number of rotatable bonds is 6. The lowest BCUT2D eigenvalue weighted by molar-refractivity contribution is 0.0429. The summed E-state index contributed by atoms with van der Waals surface area (Å²) in [5.41, 5.74) is 1.14. The van der Waals surface area contributed by atoms with Crippen molar-refractivity contribution in [2.45, 2.75) is 6.61 Å². The van der Waals surface area contributed by atoms with Crippen LogP contribution in [0.4, 0.5) is 0 Å². The van der Waals surface area contributed by atoms with Crippen LogP contribution in [0, 0.1) is 0 Å². The second kappa shape index (κ2) is 7.66. The Kier molecular flexibility index (Phi) is 5.34. The van der Waals surface area contributed by atoms with Crippen LogP contribution in [0.1, 0.15) is 16.2 Å². The van der Waals surface area contributed by atoms with E-state index in [4.69, 9.17) is 18.7 Å². The fourth-order valence-electron chi connectivity index (χ4n) is 2.02. The number of nitrogens with zero attached hydrogens (tertiary/aromatic N) is 2. The maximum Gasteiger partial charge on any atom is 0.338 e. The highest BCUT2D eigenvalue weighted by atomic mass is 79.9. The lowest BCUT2D eigenvalue weighted by atomic mass is 10.2. The molecule has 25 heavy (non-hydrogen) atoms. The van der Waals surface area contributed by atoms with Gasteiger partial charge in [-0.1, -0.05) is 5.16 Å². The van der Waals surface area contributed by atoms with E-state index in [2.05, 4.69) is 26.1 Å². The lowest BCUT2D eigenvalue weighted by Crippen LogP contribution is -2.06. The number of aromatic nitrogens is 2. The van der Waals surface area contributed by atoms with E-state index < -0.39 is 5.97 Å². The molecular weight excluding hydrogens is 412 g/mol. The van der Waals surface area contributed by atoms with Gasteiger partial charge in [-0.15, -0.1) is 0 Å². The third-order valence-corrected chi connectivity index (χ3v) is 4.72. The van der Waals surface area contributed by atoms with Crippen molar-refractivity contribution in [3.63, 3.8) is 0 Å². The maximum atomic E-state index is 12.3. The van der Waals surface area contributed by atoms with Gasteiger partial charge in [0.2, 0.25) is 5.82 Å². The van der Waals surface area contributed by atoms with Crippen LogP contribution in [0.15, 0.2) is 38.0 Å². The van der Waals surface area contributed by atoms with Gasteiger partial charge in [0.15, 0.2) is 6.61 Å². The molecule has 0 saturated heterocycles. The molecule has 0 aliphatic heterocycles. The second-order valence-electron chi connectivity index (χ2n) is 4.79. The number of carbonyl (C=O) groups is 1. The van der Waals surface area contributed by atoms with Gasteiger partial charge in [0.25, 0.3) is 5.89 Å². The highest BCUT2D eigenvalue weighted by Gasteiger charge is 2.17. The van der Waals surface area contributed by atoms with Crippen molar-refractivity contribution < 1.29 is 23.5 Å². The molecule has 130 valence electrons. The lowest BCUT2D eigenvalue weighted by Gasteiger charge is -2.10. The molecule has 2 aromatic heterocycles. The van der Waals surface area contributed by atoms with Crippen LogP contribution >= 0.6 is 27.3 Å². The van der Waals surface area contributed by atoms with Crippen molar-refractivity contribution in [1.82, 2.24) is 10.1 Å². The zero-order valence-corrected chi connectivity index (χ0v) is 15.7. The summed E-state index contributed by atoms with van der Waals surface area (Å²) in [7, 11) is 3.00. The highest BCUT2D eigenvalue weighted by Crippen LogP contribution is 2.35. The van der Waals surface area contributed by atoms with Gasteiger partial charge in [-0.25, -0.2) is 4.79 Å². The van der Waals surface area contributed by atoms with E-state index in [1.807, 2.05) is 16.8 Å². The Morgan fingerprint density at radius 2 is 2.00 bits per heavy atom. The van der Waals surface area contributed by atoms with Gasteiger partial charge in [-0.2, -0.15) is 16.3 Å². The van der Waals surface area contributed by atoms with Gasteiger partial charge >= 0.3 is 5.97 Å². The van der Waals surface area contributed by atoms with E-state index in [9.17, 15) is 4.79 Å². The Labute approximate surface area is 155 Å². The number of thiophene rings is 1. The zero-order chi connectivity index (χ0) is 17.8. The molecule has 3 rings (SSSR count). The van der Waals surface area contributed by atoms with Gasteiger partial charge in [0.05, 0.1) is 19.8 Å². The number of ether oxygens (including phenoxy) is 3. The van der Waals surface area contributed by atoms with Crippen molar-refractivity contribution in [2.75, 3.05) is 14.2 Å². The zero-order valence-electron chi connectivity index (χ0n) is 13.3. The summed E-state index contributed by atoms with van der Waals surface area (Å²) >= 11 is 4.88. The minimum absolute atomic E-state index is 0.128. The van der Waals surface area contributed by atoms with Crippen LogP contribution < -0.4 is 9.47 Å². The summed E-state index contributed by atoms with van der Waals surface area (Å²) in [6.07, 6.45) is 0. The average Bonchev–Trinajstić information content (AvgIpc) is 3.31. The molecule has 0 saturated carbocycles. The Bertz CT molecular complexity index is 854. The van der Waals surface area contributed by atoms with Crippen molar-refractivity contribution in [2.24, 2.45) is 0 Å². The third-order valence-electron chi connectivity index (χ3n) is 3.26. The van der Waals surface area contributed by atoms with Crippen LogP contribution in [0.5, 0.6) is 11.5 Å². The van der Waals surface area contributed by atoms with Crippen LogP contribution in [-0.4, -0.2) is 30.3 Å². The van der Waals surface area contributed by atoms with E-state index in [0.29, 0.717) is 21.8 Å². The van der Waals surface area contributed by atoms with E-state index in [-0.39, 0.29) is 18.1 Å². The summed E-state index contributed by atoms with van der Waals surface area (Å²) in [4.78, 5) is 16.5. The molecule has 0 aliphatic rings. The number of hydrogen-bond donors (Lipinski definition) is 0. The van der Waals surface area contributed by atoms with Gasteiger partial charge < -0.3 is 18.7 Å². The molecule has 0 aliphatic carbocycles. The molecule has 0 unspecified atom stereocenters. The van der Waals surface area contributed by atoms with E-state index >= 15 is 0 Å². The maximum absolute atomic E-state index is 12.3. The topological polar surface area (TPSA) is 83.7 Å². The first-order chi connectivity index (χ1) is 12.1. The largest absolute Gasteiger partial charge is 0.495 e. The first-order valence-corrected chi connectivity index (χ1v) is 8.79. The Morgan fingerprint density at radius 1 is 1.28 bits per heavy atom. The average molecular weight is 425 g/mol. The molecule has 0 bridgehead atoms. The fraction of sp³-hybridized carbons (Fsp3) is 0.188. The van der Waals surface area contributed by atoms with Crippen LogP contribution in [0.2, 0.25) is 0 Å². The normalized spacial score (nSPS) is 10.5. The van der Waals surface area contributed by atoms with Crippen molar-refractivity contribution in [3.8, 4) is 22.9 Å². The van der Waals surface area contributed by atoms with Gasteiger partial charge in [-0.3, -0.25) is 0 Å². The SMILES string of the molecule is COc1cc(C(=O)OCc2nc(-c3ccsc3)no2)cc(OC)c1Br. The molecule has 0 radical (unpaired) electrons. The minimum atomic E-state index is -0.556. The molecular formula is C16H13BrN2O5S. The van der Waals surface area contributed by atoms with Gasteiger partial charge in [-0.05, 0) is 39.5 Å². The first kappa shape index (κ1) is 17.4. The number of hydrogen-bond acceptors (Lipinski definition) is 8. The quantitative estimate of drug-likeness (QED) is 0.554. The Morgan fingerprint density at radius 3 is 2.60 bits per heavy atom. The number of halogens is 1. The summed E-state index contributed by atoms with van der Waals surface area (Å²) < 4.78 is 21.4. The summed E-state index contributed by atoms with van der Waals surface area (Å²) in [6.45, 7) is -0.128. The van der Waals surface area contributed by atoms with Crippen LogP contribution in [0.3, 0.4) is 0 Å². The van der Waals surface area contributed by atoms with E-state index in [1.165, 1.54) is 25.6 Å². The predicted octanol–water partition coefficient (Wildman–Crippen LogP) is 3.93. The number of esters is 1. The molecule has 3 aromatic rings. The molecule has 0 N–H and O–H groups in total. The fourth-order valence-corrected chi connectivity index (χ4v) is 3.21. The smallest absolute Gasteiger partial charge is 0.338 e. The molecule has 9 heteroatoms. The first-order valence-electron chi connectivity index (χ1n) is 7.06. The van der Waals surface area contributed by atoms with Crippen LogP contribution in [0.25, 0.3) is 11.4 Å². The van der Waals surface area contributed by atoms with Crippen molar-refractivity contribution in [1.29, 1.82) is 0 Å². The monoisotopic (exact) mass is 424 g/mol. The minimum Gasteiger partial charge on any atom is -0.495 e. The van der Waals surface area contributed by atoms with Crippen molar-refractivity contribution in [3.05, 3.63) is 44.9 Å². The third kappa shape index (κ3) is 3.83. The number of benzene rings is 1. The molecule has 0 atom stereocenters. The van der Waals surface area contributed by atoms with Gasteiger partial charge in [0, 0.05) is 10.9 Å². The van der Waals surface area contributed by atoms with Gasteiger partial charge in [0.1, 0.15) is 16.0 Å². The van der Waals surface area contributed by atoms with Crippen molar-refractivity contribution >= 4 is 33.2 Å². The van der Waals surface area contributed by atoms with E-state index in [0.717, 1.165) is 5.56 Å². The van der Waals surface area contributed by atoms with E-state index in [1.54, 1.807) is 12.1 Å². The highest BCUT2D eigenvalue weighted by molar-refractivity contribution is 9.10. The molecule has 0 spiro atoms. The Balaban J connectivity index is 1.71. The molecule has 2 heterocycles. The molecule has 0 fully saturated rings. The predicted molar refractivity (Wildman–Crippen MR) is 94.0 cm³/mol. The molecule has 7 nitrogen and oxygen atoms in total. The standard InChI is InChI=1S/C16H13BrN2O5S/c1-21-11-5-10(6-12(22-2)14(11)17)16(20)23-7-13-18-15(19-24-13)9-3-4-25-8-9/h3-6,8H,7H2,1-2H3. The number of carbonyl (C=O) groups excluding carboxylic acids is 1. The van der Waals surface area contributed by atoms with Crippen LogP contribution in [-0.2, 0) is 11.3 Å². The Hall–Kier alpha value is -2.39. The number of methoxy groups -OCH3 is 2.